The fraction of sp³-hybridized carbons (Fsp3) is 0.250. The molecule has 1 aromatic heterocycles. The zero-order valence-electron chi connectivity index (χ0n) is 10.6. The van der Waals surface area contributed by atoms with Gasteiger partial charge in [-0.3, -0.25) is 0 Å². The van der Waals surface area contributed by atoms with Crippen LogP contribution in [-0.2, 0) is 19.4 Å². The second-order valence-corrected chi connectivity index (χ2v) is 4.88. The SMILES string of the molecule is N#Cc1ncccc1CNC1Cc2ccccc2C1. The van der Waals surface area contributed by atoms with Gasteiger partial charge in [0, 0.05) is 24.3 Å². The third kappa shape index (κ3) is 2.49. The van der Waals surface area contributed by atoms with E-state index in [9.17, 15) is 0 Å². The third-order valence-corrected chi connectivity index (χ3v) is 3.63. The maximum atomic E-state index is 9.01. The zero-order chi connectivity index (χ0) is 13.1. The highest BCUT2D eigenvalue weighted by Gasteiger charge is 2.20. The third-order valence-electron chi connectivity index (χ3n) is 3.63. The van der Waals surface area contributed by atoms with Crippen molar-refractivity contribution in [3.63, 3.8) is 0 Å². The summed E-state index contributed by atoms with van der Waals surface area (Å²) in [4.78, 5) is 4.08. The fourth-order valence-corrected chi connectivity index (χ4v) is 2.64. The van der Waals surface area contributed by atoms with Crippen molar-refractivity contribution in [2.24, 2.45) is 0 Å². The lowest BCUT2D eigenvalue weighted by Gasteiger charge is -2.12. The topological polar surface area (TPSA) is 48.7 Å². The van der Waals surface area contributed by atoms with Gasteiger partial charge in [-0.05, 0) is 30.0 Å². The van der Waals surface area contributed by atoms with E-state index in [1.165, 1.54) is 11.1 Å². The maximum Gasteiger partial charge on any atom is 0.144 e. The van der Waals surface area contributed by atoms with E-state index in [0.29, 0.717) is 18.3 Å². The van der Waals surface area contributed by atoms with Crippen LogP contribution in [0.2, 0.25) is 0 Å². The Morgan fingerprint density at radius 2 is 1.89 bits per heavy atom. The molecule has 1 N–H and O–H groups in total. The number of rotatable bonds is 3. The number of pyridine rings is 1. The molecule has 2 aromatic rings. The molecule has 3 heteroatoms. The van der Waals surface area contributed by atoms with Gasteiger partial charge in [-0.15, -0.1) is 0 Å². The van der Waals surface area contributed by atoms with Crippen molar-refractivity contribution >= 4 is 0 Å². The Kier molecular flexibility index (Phi) is 3.26. The molecule has 1 aliphatic carbocycles. The molecule has 0 saturated heterocycles. The van der Waals surface area contributed by atoms with Gasteiger partial charge in [0.15, 0.2) is 0 Å². The van der Waals surface area contributed by atoms with Gasteiger partial charge in [0.25, 0.3) is 0 Å². The number of fused-ring (bicyclic) bond motifs is 1. The van der Waals surface area contributed by atoms with Crippen molar-refractivity contribution in [2.45, 2.75) is 25.4 Å². The van der Waals surface area contributed by atoms with Crippen molar-refractivity contribution < 1.29 is 0 Å². The predicted molar refractivity (Wildman–Crippen MR) is 73.4 cm³/mol. The van der Waals surface area contributed by atoms with Gasteiger partial charge in [0.05, 0.1) is 0 Å². The van der Waals surface area contributed by atoms with Crippen molar-refractivity contribution in [1.82, 2.24) is 10.3 Å². The highest BCUT2D eigenvalue weighted by molar-refractivity contribution is 5.34. The Labute approximate surface area is 112 Å². The van der Waals surface area contributed by atoms with Crippen LogP contribution in [-0.4, -0.2) is 11.0 Å². The van der Waals surface area contributed by atoms with Crippen LogP contribution in [0, 0.1) is 11.3 Å². The summed E-state index contributed by atoms with van der Waals surface area (Å²) in [6.07, 6.45) is 3.80. The van der Waals surface area contributed by atoms with Gasteiger partial charge < -0.3 is 5.32 Å². The molecule has 0 radical (unpaired) electrons. The summed E-state index contributed by atoms with van der Waals surface area (Å²) < 4.78 is 0. The quantitative estimate of drug-likeness (QED) is 0.907. The molecule has 1 heterocycles. The Morgan fingerprint density at radius 3 is 2.58 bits per heavy atom. The first-order chi connectivity index (χ1) is 9.36. The Balaban J connectivity index is 1.65. The van der Waals surface area contributed by atoms with E-state index in [-0.39, 0.29) is 0 Å². The first-order valence-electron chi connectivity index (χ1n) is 6.51. The van der Waals surface area contributed by atoms with E-state index in [1.807, 2.05) is 12.1 Å². The number of aromatic nitrogens is 1. The summed E-state index contributed by atoms with van der Waals surface area (Å²) in [5.41, 5.74) is 4.37. The molecule has 3 rings (SSSR count). The van der Waals surface area contributed by atoms with Crippen molar-refractivity contribution in [3.8, 4) is 6.07 Å². The Bertz CT molecular complexity index is 603. The van der Waals surface area contributed by atoms with E-state index >= 15 is 0 Å². The molecule has 0 atom stereocenters. The van der Waals surface area contributed by atoms with Crippen LogP contribution in [0.25, 0.3) is 0 Å². The highest BCUT2D eigenvalue weighted by Crippen LogP contribution is 2.21. The van der Waals surface area contributed by atoms with Crippen molar-refractivity contribution in [2.75, 3.05) is 0 Å². The molecule has 0 amide bonds. The maximum absolute atomic E-state index is 9.01. The number of nitriles is 1. The molecule has 0 aliphatic heterocycles. The average molecular weight is 249 g/mol. The summed E-state index contributed by atoms with van der Waals surface area (Å²) >= 11 is 0. The zero-order valence-corrected chi connectivity index (χ0v) is 10.6. The van der Waals surface area contributed by atoms with Gasteiger partial charge >= 0.3 is 0 Å². The largest absolute Gasteiger partial charge is 0.309 e. The minimum atomic E-state index is 0.462. The van der Waals surface area contributed by atoms with Crippen LogP contribution in [0.15, 0.2) is 42.6 Å². The minimum absolute atomic E-state index is 0.462. The van der Waals surface area contributed by atoms with Crippen LogP contribution < -0.4 is 5.32 Å². The van der Waals surface area contributed by atoms with Gasteiger partial charge in [-0.25, -0.2) is 4.98 Å². The molecule has 0 fully saturated rings. The lowest BCUT2D eigenvalue weighted by Crippen LogP contribution is -2.29. The molecule has 0 bridgehead atoms. The lowest BCUT2D eigenvalue weighted by molar-refractivity contribution is 0.532. The summed E-state index contributed by atoms with van der Waals surface area (Å²) in [6, 6.07) is 15.0. The molecule has 1 aliphatic rings. The predicted octanol–water partition coefficient (Wildman–Crippen LogP) is 2.21. The summed E-state index contributed by atoms with van der Waals surface area (Å²) in [5, 5.41) is 12.5. The average Bonchev–Trinajstić information content (AvgIpc) is 2.88. The van der Waals surface area contributed by atoms with Crippen LogP contribution in [0.1, 0.15) is 22.4 Å². The van der Waals surface area contributed by atoms with E-state index in [2.05, 4.69) is 40.6 Å². The van der Waals surface area contributed by atoms with Crippen LogP contribution in [0.5, 0.6) is 0 Å². The number of nitrogens with zero attached hydrogens (tertiary/aromatic N) is 2. The molecule has 94 valence electrons. The summed E-state index contributed by atoms with van der Waals surface area (Å²) in [6.45, 7) is 0.704. The summed E-state index contributed by atoms with van der Waals surface area (Å²) in [7, 11) is 0. The van der Waals surface area contributed by atoms with Gasteiger partial charge in [-0.2, -0.15) is 5.26 Å². The summed E-state index contributed by atoms with van der Waals surface area (Å²) in [5.74, 6) is 0. The van der Waals surface area contributed by atoms with Crippen molar-refractivity contribution in [1.29, 1.82) is 5.26 Å². The van der Waals surface area contributed by atoms with E-state index in [4.69, 9.17) is 5.26 Å². The first kappa shape index (κ1) is 11.9. The Morgan fingerprint density at radius 1 is 1.16 bits per heavy atom. The second-order valence-electron chi connectivity index (χ2n) is 4.88. The molecule has 0 saturated carbocycles. The minimum Gasteiger partial charge on any atom is -0.309 e. The van der Waals surface area contributed by atoms with Crippen LogP contribution in [0.3, 0.4) is 0 Å². The van der Waals surface area contributed by atoms with Crippen LogP contribution >= 0.6 is 0 Å². The Hall–Kier alpha value is -2.18. The first-order valence-corrected chi connectivity index (χ1v) is 6.51. The number of benzene rings is 1. The standard InChI is InChI=1S/C16H15N3/c17-10-16-14(6-3-7-18-16)11-19-15-8-12-4-1-2-5-13(12)9-15/h1-7,15,19H,8-9,11H2. The van der Waals surface area contributed by atoms with E-state index < -0.39 is 0 Å². The van der Waals surface area contributed by atoms with Crippen molar-refractivity contribution in [3.05, 3.63) is 65.0 Å². The van der Waals surface area contributed by atoms with Gasteiger partial charge in [-0.1, -0.05) is 30.3 Å². The number of hydrogen-bond donors (Lipinski definition) is 1. The van der Waals surface area contributed by atoms with Gasteiger partial charge in [0.1, 0.15) is 11.8 Å². The molecule has 1 aromatic carbocycles. The second kappa shape index (κ2) is 5.21. The molecule has 3 nitrogen and oxygen atoms in total. The molecule has 0 unspecified atom stereocenters. The normalized spacial score (nSPS) is 14.1. The molecular weight excluding hydrogens is 234 g/mol. The number of hydrogen-bond acceptors (Lipinski definition) is 3. The number of nitrogens with one attached hydrogen (secondary N) is 1. The molecular formula is C16H15N3. The lowest BCUT2D eigenvalue weighted by atomic mass is 10.1. The monoisotopic (exact) mass is 249 g/mol. The van der Waals surface area contributed by atoms with Gasteiger partial charge in [0.2, 0.25) is 0 Å². The van der Waals surface area contributed by atoms with Crippen LogP contribution in [0.4, 0.5) is 0 Å². The fourth-order valence-electron chi connectivity index (χ4n) is 2.64. The molecule has 0 spiro atoms. The van der Waals surface area contributed by atoms with E-state index in [0.717, 1.165) is 18.4 Å². The highest BCUT2D eigenvalue weighted by atomic mass is 14.9. The van der Waals surface area contributed by atoms with E-state index in [1.54, 1.807) is 6.20 Å². The molecule has 19 heavy (non-hydrogen) atoms. The smallest absolute Gasteiger partial charge is 0.144 e.